The van der Waals surface area contributed by atoms with Crippen LogP contribution in [0, 0.1) is 22.3 Å². The van der Waals surface area contributed by atoms with Crippen molar-refractivity contribution in [2.75, 3.05) is 0 Å². The fourth-order valence-electron chi connectivity index (χ4n) is 4.02. The van der Waals surface area contributed by atoms with Gasteiger partial charge in [-0.2, -0.15) is 0 Å². The highest BCUT2D eigenvalue weighted by Crippen LogP contribution is 2.38. The standard InChI is InChI=1S/C26H30N6O4/c1-23(2)24(3,4)30(34)21(29(23)33)19-13-9-11-17(27-19)15-16-18-12-10-14-20(28-18)22-31(35)25(5,6)26(7,8)32(22)36/h9-14H,1-8H3. The highest BCUT2D eigenvalue weighted by atomic mass is 16.5. The van der Waals surface area contributed by atoms with Crippen molar-refractivity contribution in [1.29, 1.82) is 0 Å². The molecule has 2 aromatic rings. The van der Waals surface area contributed by atoms with E-state index in [2.05, 4.69) is 21.8 Å². The van der Waals surface area contributed by atoms with Crippen molar-refractivity contribution in [1.82, 2.24) is 20.1 Å². The summed E-state index contributed by atoms with van der Waals surface area (Å²) in [5.41, 5.74) is -2.70. The van der Waals surface area contributed by atoms with E-state index in [1.807, 2.05) is 0 Å². The van der Waals surface area contributed by atoms with Gasteiger partial charge in [0, 0.05) is 10.4 Å². The highest BCUT2D eigenvalue weighted by molar-refractivity contribution is 5.95. The molecule has 0 atom stereocenters. The lowest BCUT2D eigenvalue weighted by molar-refractivity contribution is -0.540. The molecule has 2 aliphatic heterocycles. The maximum absolute atomic E-state index is 12.9. The Morgan fingerprint density at radius 2 is 1.00 bits per heavy atom. The van der Waals surface area contributed by atoms with Crippen LogP contribution in [0.2, 0.25) is 0 Å². The topological polar surface area (TPSA) is 124 Å². The molecule has 2 radical (unpaired) electrons. The number of aromatic nitrogens is 2. The Kier molecular flexibility index (Phi) is 5.59. The van der Waals surface area contributed by atoms with Crippen molar-refractivity contribution < 1.29 is 19.9 Å². The largest absolute Gasteiger partial charge is 0.714 e. The number of hydrogen-bond acceptors (Lipinski definition) is 6. The molecular formula is C26H30N6O4. The molecule has 2 aromatic heterocycles. The lowest BCUT2D eigenvalue weighted by atomic mass is 9.84. The van der Waals surface area contributed by atoms with E-state index in [9.17, 15) is 20.8 Å². The third-order valence-corrected chi connectivity index (χ3v) is 8.07. The second-order valence-corrected chi connectivity index (χ2v) is 11.1. The van der Waals surface area contributed by atoms with Crippen LogP contribution >= 0.6 is 0 Å². The van der Waals surface area contributed by atoms with Gasteiger partial charge in [-0.3, -0.25) is 9.48 Å². The fraction of sp³-hybridized carbons (Fsp3) is 0.462. The predicted molar refractivity (Wildman–Crippen MR) is 131 cm³/mol. The average molecular weight is 491 g/mol. The van der Waals surface area contributed by atoms with Crippen LogP contribution in [0.15, 0.2) is 36.4 Å². The van der Waals surface area contributed by atoms with Crippen LogP contribution < -0.4 is 0 Å². The van der Waals surface area contributed by atoms with Crippen molar-refractivity contribution in [3.63, 3.8) is 0 Å². The maximum atomic E-state index is 12.9. The first kappa shape index (κ1) is 25.4. The molecule has 10 heteroatoms. The minimum Gasteiger partial charge on any atom is -0.714 e. The van der Waals surface area contributed by atoms with Crippen molar-refractivity contribution >= 4 is 11.7 Å². The van der Waals surface area contributed by atoms with Crippen LogP contribution in [0.1, 0.15) is 78.2 Å². The van der Waals surface area contributed by atoms with Crippen LogP contribution in [-0.4, -0.2) is 63.4 Å². The number of nitrogens with zero attached hydrogens (tertiary/aromatic N) is 6. The summed E-state index contributed by atoms with van der Waals surface area (Å²) in [5, 5.41) is 53.2. The van der Waals surface area contributed by atoms with Gasteiger partial charge in [-0.15, -0.1) is 0 Å². The minimum absolute atomic E-state index is 0.0669. The van der Waals surface area contributed by atoms with E-state index in [0.29, 0.717) is 31.0 Å². The van der Waals surface area contributed by atoms with Crippen molar-refractivity contribution in [2.24, 2.45) is 0 Å². The molecule has 0 saturated heterocycles. The zero-order valence-electron chi connectivity index (χ0n) is 21.8. The third kappa shape index (κ3) is 3.42. The lowest BCUT2D eigenvalue weighted by Crippen LogP contribution is -2.53. The summed E-state index contributed by atoms with van der Waals surface area (Å²) in [4.78, 5) is 8.84. The smallest absolute Gasteiger partial charge is 0.335 e. The van der Waals surface area contributed by atoms with E-state index in [0.717, 1.165) is 0 Å². The normalized spacial score (nSPS) is 21.6. The summed E-state index contributed by atoms with van der Waals surface area (Å²) in [6, 6.07) is 9.85. The molecular weight excluding hydrogens is 460 g/mol. The molecule has 0 fully saturated rings. The van der Waals surface area contributed by atoms with Gasteiger partial charge in [-0.1, -0.05) is 22.3 Å². The van der Waals surface area contributed by atoms with Crippen molar-refractivity contribution in [3.8, 4) is 11.8 Å². The number of hydroxylamine groups is 6. The van der Waals surface area contributed by atoms with Crippen molar-refractivity contribution in [3.05, 3.63) is 69.6 Å². The van der Waals surface area contributed by atoms with Gasteiger partial charge in [0.25, 0.3) is 0 Å². The Balaban J connectivity index is 1.69. The number of hydrogen-bond donors (Lipinski definition) is 0. The monoisotopic (exact) mass is 490 g/mol. The Hall–Kier alpha value is -3.68. The molecule has 188 valence electrons. The Morgan fingerprint density at radius 3 is 1.28 bits per heavy atom. The van der Waals surface area contributed by atoms with Crippen LogP contribution in [0.3, 0.4) is 0 Å². The van der Waals surface area contributed by atoms with Gasteiger partial charge >= 0.3 is 11.7 Å². The second-order valence-electron chi connectivity index (χ2n) is 11.1. The van der Waals surface area contributed by atoms with E-state index in [-0.39, 0.29) is 23.1 Å². The first-order valence-corrected chi connectivity index (χ1v) is 11.7. The Bertz CT molecular complexity index is 1260. The minimum atomic E-state index is -0.955. The van der Waals surface area contributed by atoms with Gasteiger partial charge in [0.2, 0.25) is 0 Å². The van der Waals surface area contributed by atoms with E-state index in [1.54, 1.807) is 91.8 Å². The molecule has 2 aliphatic rings. The molecule has 0 aromatic carbocycles. The highest BCUT2D eigenvalue weighted by Gasteiger charge is 2.61. The average Bonchev–Trinajstić information content (AvgIpc) is 3.01. The van der Waals surface area contributed by atoms with Gasteiger partial charge in [-0.05, 0) is 91.5 Å². The molecule has 4 heterocycles. The maximum Gasteiger partial charge on any atom is 0.335 e. The first-order chi connectivity index (χ1) is 16.5. The van der Waals surface area contributed by atoms with Gasteiger partial charge in [0.15, 0.2) is 22.5 Å². The summed E-state index contributed by atoms with van der Waals surface area (Å²) in [6.45, 7) is 13.8. The summed E-state index contributed by atoms with van der Waals surface area (Å²) < 4.78 is 1.41. The quantitative estimate of drug-likeness (QED) is 0.362. The molecule has 36 heavy (non-hydrogen) atoms. The number of rotatable bonds is 2. The summed E-state index contributed by atoms with van der Waals surface area (Å²) >= 11 is 0. The van der Waals surface area contributed by atoms with Gasteiger partial charge in [-0.25, -0.2) is 9.97 Å². The van der Waals surface area contributed by atoms with Gasteiger partial charge in [0.1, 0.15) is 22.5 Å². The van der Waals surface area contributed by atoms with Crippen molar-refractivity contribution in [2.45, 2.75) is 77.5 Å². The zero-order valence-corrected chi connectivity index (χ0v) is 21.8. The molecule has 10 nitrogen and oxygen atoms in total. The number of amidine groups is 2. The molecule has 0 amide bonds. The van der Waals surface area contributed by atoms with Crippen LogP contribution in [0.4, 0.5) is 0 Å². The molecule has 0 N–H and O–H groups in total. The zero-order chi connectivity index (χ0) is 26.8. The van der Waals surface area contributed by atoms with E-state index in [1.165, 1.54) is 0 Å². The second kappa shape index (κ2) is 7.91. The molecule has 0 saturated carbocycles. The Labute approximate surface area is 210 Å². The summed E-state index contributed by atoms with van der Waals surface area (Å²) in [7, 11) is 0. The Morgan fingerprint density at radius 1 is 0.667 bits per heavy atom. The van der Waals surface area contributed by atoms with Gasteiger partial charge in [0.05, 0.1) is 0 Å². The van der Waals surface area contributed by atoms with E-state index >= 15 is 0 Å². The predicted octanol–water partition coefficient (Wildman–Crippen LogP) is 2.83. The SMILES string of the molecule is CC1(C)N([O])C(c2cccc(C#Cc3cccc(C4=[N+]([O-])C(C)(C)C(C)(C)N4[O])n3)n2)=[N+]([O-])C1(C)C. The van der Waals surface area contributed by atoms with Gasteiger partial charge < -0.3 is 10.4 Å². The molecule has 0 aliphatic carbocycles. The van der Waals surface area contributed by atoms with E-state index in [4.69, 9.17) is 0 Å². The first-order valence-electron chi connectivity index (χ1n) is 11.7. The fourth-order valence-corrected chi connectivity index (χ4v) is 4.02. The molecule has 0 spiro atoms. The lowest BCUT2D eigenvalue weighted by Gasteiger charge is -2.32. The molecule has 4 rings (SSSR count). The van der Waals surface area contributed by atoms with Crippen LogP contribution in [0.5, 0.6) is 0 Å². The van der Waals surface area contributed by atoms with Crippen LogP contribution in [0.25, 0.3) is 0 Å². The van der Waals surface area contributed by atoms with E-state index < -0.39 is 22.2 Å². The summed E-state index contributed by atoms with van der Waals surface area (Å²) in [5.74, 6) is 5.66. The summed E-state index contributed by atoms with van der Waals surface area (Å²) in [6.07, 6.45) is 0. The molecule has 0 bridgehead atoms. The molecule has 0 unspecified atom stereocenters. The third-order valence-electron chi connectivity index (χ3n) is 8.07. The number of pyridine rings is 2. The van der Waals surface area contributed by atoms with Crippen LogP contribution in [-0.2, 0) is 10.4 Å².